The van der Waals surface area contributed by atoms with Crippen molar-refractivity contribution in [2.24, 2.45) is 0 Å². The molecule has 3 heteroatoms. The van der Waals surface area contributed by atoms with E-state index in [1.165, 1.54) is 10.7 Å². The number of hydrogen-bond acceptors (Lipinski definition) is 2. The van der Waals surface area contributed by atoms with Gasteiger partial charge in [-0.1, -0.05) is 0 Å². The second-order valence-electron chi connectivity index (χ2n) is 2.13. The van der Waals surface area contributed by atoms with Gasteiger partial charge in [0, 0.05) is 0 Å². The standard InChI is InChI=1S/C10H8O2Te/c1-12-10(11)7-8-13-9-5-3-2-4-6-9/h2-6H,1H3. The molecule has 66 valence electrons. The molecule has 0 aromatic heterocycles. The number of rotatable bonds is 1. The summed E-state index contributed by atoms with van der Waals surface area (Å²) in [5.41, 5.74) is 0. The van der Waals surface area contributed by atoms with Crippen LogP contribution in [-0.4, -0.2) is 34.0 Å². The first-order valence-electron chi connectivity index (χ1n) is 3.64. The summed E-state index contributed by atoms with van der Waals surface area (Å²) in [4.78, 5) is 10.6. The van der Waals surface area contributed by atoms with Gasteiger partial charge >= 0.3 is 87.4 Å². The van der Waals surface area contributed by atoms with Gasteiger partial charge < -0.3 is 0 Å². The molecule has 0 unspecified atom stereocenters. The van der Waals surface area contributed by atoms with Crippen LogP contribution >= 0.6 is 0 Å². The zero-order chi connectivity index (χ0) is 9.52. The zero-order valence-electron chi connectivity index (χ0n) is 7.11. The molecule has 0 atom stereocenters. The Morgan fingerprint density at radius 1 is 1.38 bits per heavy atom. The van der Waals surface area contributed by atoms with Crippen LogP contribution in [-0.2, 0) is 9.53 Å². The quantitative estimate of drug-likeness (QED) is 0.418. The molecule has 0 radical (unpaired) electrons. The number of carbonyl (C=O) groups excluding carboxylic acids is 1. The second kappa shape index (κ2) is 5.65. The first-order chi connectivity index (χ1) is 6.33. The zero-order valence-corrected chi connectivity index (χ0v) is 9.44. The van der Waals surface area contributed by atoms with E-state index in [1.807, 2.05) is 30.3 Å². The minimum absolute atomic E-state index is 0.457. The first-order valence-corrected chi connectivity index (χ1v) is 5.97. The van der Waals surface area contributed by atoms with Crippen LogP contribution < -0.4 is 3.61 Å². The Morgan fingerprint density at radius 3 is 2.69 bits per heavy atom. The molecule has 0 N–H and O–H groups in total. The minimum atomic E-state index is -0.548. The van der Waals surface area contributed by atoms with Crippen LogP contribution in [0.1, 0.15) is 0 Å². The Labute approximate surface area is 87.4 Å². The summed E-state index contributed by atoms with van der Waals surface area (Å²) in [5.74, 6) is 1.97. The van der Waals surface area contributed by atoms with Crippen molar-refractivity contribution in [3.63, 3.8) is 0 Å². The number of esters is 1. The number of ether oxygens (including phenoxy) is 1. The Kier molecular flexibility index (Phi) is 4.40. The third kappa shape index (κ3) is 3.99. The number of hydrogen-bond donors (Lipinski definition) is 0. The van der Waals surface area contributed by atoms with Gasteiger partial charge in [0.25, 0.3) is 0 Å². The molecule has 0 saturated carbocycles. The number of methoxy groups -OCH3 is 1. The molecule has 1 rings (SSSR count). The van der Waals surface area contributed by atoms with Crippen LogP contribution in [0.5, 0.6) is 0 Å². The van der Waals surface area contributed by atoms with Gasteiger partial charge in [-0.3, -0.25) is 0 Å². The number of carbonyl (C=O) groups is 1. The fourth-order valence-corrected chi connectivity index (χ4v) is 2.22. The normalized spacial score (nSPS) is 8.38. The maximum absolute atomic E-state index is 10.6. The van der Waals surface area contributed by atoms with Gasteiger partial charge in [0.15, 0.2) is 0 Å². The van der Waals surface area contributed by atoms with Crippen molar-refractivity contribution in [3.8, 4) is 9.89 Å². The maximum atomic E-state index is 10.6. The summed E-state index contributed by atoms with van der Waals surface area (Å²) >= 11 is -0.548. The van der Waals surface area contributed by atoms with Crippen LogP contribution in [0.2, 0.25) is 0 Å². The topological polar surface area (TPSA) is 26.3 Å². The van der Waals surface area contributed by atoms with Crippen molar-refractivity contribution in [2.45, 2.75) is 0 Å². The molecule has 0 bridgehead atoms. The molecule has 0 saturated heterocycles. The summed E-state index contributed by atoms with van der Waals surface area (Å²) in [6.45, 7) is 0. The molecular formula is C10H8O2Te. The van der Waals surface area contributed by atoms with Gasteiger partial charge in [0.05, 0.1) is 0 Å². The van der Waals surface area contributed by atoms with E-state index in [1.54, 1.807) is 0 Å². The summed E-state index contributed by atoms with van der Waals surface area (Å²) in [5, 5.41) is 0. The Morgan fingerprint density at radius 2 is 2.08 bits per heavy atom. The number of benzene rings is 1. The van der Waals surface area contributed by atoms with Crippen LogP contribution in [0.4, 0.5) is 0 Å². The Balaban J connectivity index is 2.51. The molecule has 1 aromatic carbocycles. The first kappa shape index (κ1) is 10.1. The van der Waals surface area contributed by atoms with Gasteiger partial charge in [-0.05, 0) is 0 Å². The van der Waals surface area contributed by atoms with Crippen molar-refractivity contribution in [2.75, 3.05) is 7.11 Å². The SMILES string of the molecule is COC(=O)C#C[Te]c1ccccc1. The Bertz CT molecular complexity index is 335. The van der Waals surface area contributed by atoms with E-state index in [4.69, 9.17) is 0 Å². The second-order valence-corrected chi connectivity index (χ2v) is 4.64. The van der Waals surface area contributed by atoms with Gasteiger partial charge in [-0.15, -0.1) is 0 Å². The van der Waals surface area contributed by atoms with Crippen molar-refractivity contribution < 1.29 is 9.53 Å². The predicted molar refractivity (Wildman–Crippen MR) is 51.6 cm³/mol. The van der Waals surface area contributed by atoms with Crippen molar-refractivity contribution in [3.05, 3.63) is 30.3 Å². The monoisotopic (exact) mass is 290 g/mol. The third-order valence-electron chi connectivity index (χ3n) is 1.25. The third-order valence-corrected chi connectivity index (χ3v) is 3.28. The van der Waals surface area contributed by atoms with Gasteiger partial charge in [-0.25, -0.2) is 0 Å². The molecule has 0 aliphatic heterocycles. The van der Waals surface area contributed by atoms with Crippen molar-refractivity contribution in [1.29, 1.82) is 0 Å². The molecule has 2 nitrogen and oxygen atoms in total. The molecule has 0 aliphatic carbocycles. The van der Waals surface area contributed by atoms with Crippen LogP contribution in [0.15, 0.2) is 30.3 Å². The van der Waals surface area contributed by atoms with E-state index in [0.29, 0.717) is 0 Å². The molecule has 1 aromatic rings. The summed E-state index contributed by atoms with van der Waals surface area (Å²) < 4.78 is 8.48. The molecule has 0 spiro atoms. The van der Waals surface area contributed by atoms with E-state index >= 15 is 0 Å². The average Bonchev–Trinajstić information content (AvgIpc) is 2.19. The van der Waals surface area contributed by atoms with Gasteiger partial charge in [0.1, 0.15) is 0 Å². The summed E-state index contributed by atoms with van der Waals surface area (Å²) in [6, 6.07) is 9.95. The van der Waals surface area contributed by atoms with E-state index in [-0.39, 0.29) is 0 Å². The summed E-state index contributed by atoms with van der Waals surface area (Å²) in [7, 11) is 1.33. The molecule has 0 aliphatic rings. The summed E-state index contributed by atoms with van der Waals surface area (Å²) in [6.07, 6.45) is 0. The van der Waals surface area contributed by atoms with Crippen molar-refractivity contribution >= 4 is 30.5 Å². The van der Waals surface area contributed by atoms with Crippen LogP contribution in [0.3, 0.4) is 0 Å². The fraction of sp³-hybridized carbons (Fsp3) is 0.100. The predicted octanol–water partition coefficient (Wildman–Crippen LogP) is 0.150. The Hall–Kier alpha value is -0.960. The van der Waals surface area contributed by atoms with Crippen molar-refractivity contribution in [1.82, 2.24) is 0 Å². The van der Waals surface area contributed by atoms with Gasteiger partial charge in [-0.2, -0.15) is 0 Å². The fourth-order valence-electron chi connectivity index (χ4n) is 0.666. The molecular weight excluding hydrogens is 280 g/mol. The van der Waals surface area contributed by atoms with E-state index in [2.05, 4.69) is 14.6 Å². The average molecular weight is 288 g/mol. The van der Waals surface area contributed by atoms with E-state index < -0.39 is 26.9 Å². The molecule has 13 heavy (non-hydrogen) atoms. The van der Waals surface area contributed by atoms with E-state index in [0.717, 1.165) is 0 Å². The van der Waals surface area contributed by atoms with E-state index in [9.17, 15) is 4.79 Å². The van der Waals surface area contributed by atoms with Crippen LogP contribution in [0, 0.1) is 9.89 Å². The molecule has 0 heterocycles. The van der Waals surface area contributed by atoms with Gasteiger partial charge in [0.2, 0.25) is 0 Å². The van der Waals surface area contributed by atoms with Crippen LogP contribution in [0.25, 0.3) is 0 Å². The molecule has 0 fully saturated rings. The molecule has 0 amide bonds.